The Morgan fingerprint density at radius 3 is 2.06 bits per heavy atom. The van der Waals surface area contributed by atoms with Crippen LogP contribution in [0.25, 0.3) is 0 Å². The molecule has 0 aromatic heterocycles. The first-order chi connectivity index (χ1) is 7.57. The fraction of sp³-hybridized carbons (Fsp3) is 0.333. The Morgan fingerprint density at radius 2 is 1.61 bits per heavy atom. The number of benzene rings is 1. The summed E-state index contributed by atoms with van der Waals surface area (Å²) in [5, 5.41) is 0. The van der Waals surface area contributed by atoms with E-state index in [4.69, 9.17) is 5.73 Å². The van der Waals surface area contributed by atoms with Gasteiger partial charge in [0.1, 0.15) is 11.9 Å². The minimum absolute atomic E-state index is 0. The summed E-state index contributed by atoms with van der Waals surface area (Å²) in [7, 11) is 0. The van der Waals surface area contributed by atoms with Crippen molar-refractivity contribution in [3.63, 3.8) is 0 Å². The topological polar surface area (TPSA) is 26.0 Å². The van der Waals surface area contributed by atoms with Crippen LogP contribution < -0.4 is 5.73 Å². The van der Waals surface area contributed by atoms with Crippen molar-refractivity contribution in [2.24, 2.45) is 5.73 Å². The molecule has 0 heterocycles. The maximum atomic E-state index is 13.2. The van der Waals surface area contributed by atoms with Gasteiger partial charge in [-0.15, -0.1) is 12.4 Å². The molecule has 0 saturated heterocycles. The van der Waals surface area contributed by atoms with Crippen LogP contribution in [0.2, 0.25) is 0 Å². The fourth-order valence-corrected chi connectivity index (χ4v) is 1.64. The highest BCUT2D eigenvalue weighted by Gasteiger charge is 2.62. The quantitative estimate of drug-likeness (QED) is 0.583. The number of halogens is 8. The molecule has 1 nitrogen and oxygen atoms in total. The molecule has 0 aliphatic carbocycles. The lowest BCUT2D eigenvalue weighted by molar-refractivity contribution is -0.291. The lowest BCUT2D eigenvalue weighted by atomic mass is 10.0. The molecular weight excluding hydrogens is 398 g/mol. The maximum Gasteiger partial charge on any atom is 0.455 e. The van der Waals surface area contributed by atoms with Crippen molar-refractivity contribution in [2.45, 2.75) is 18.1 Å². The molecule has 18 heavy (non-hydrogen) atoms. The van der Waals surface area contributed by atoms with E-state index in [0.29, 0.717) is 3.57 Å². The molecule has 0 fully saturated rings. The molecule has 0 aliphatic heterocycles. The van der Waals surface area contributed by atoms with Gasteiger partial charge in [0.05, 0.1) is 0 Å². The third-order valence-corrected chi connectivity index (χ3v) is 2.73. The lowest BCUT2D eigenvalue weighted by Gasteiger charge is -2.26. The van der Waals surface area contributed by atoms with Gasteiger partial charge in [0, 0.05) is 9.13 Å². The Kier molecular flexibility index (Phi) is 5.75. The van der Waals surface area contributed by atoms with E-state index in [1.165, 1.54) is 6.07 Å². The van der Waals surface area contributed by atoms with E-state index in [9.17, 15) is 26.3 Å². The van der Waals surface area contributed by atoms with Gasteiger partial charge in [0.25, 0.3) is 0 Å². The Morgan fingerprint density at radius 1 is 1.11 bits per heavy atom. The van der Waals surface area contributed by atoms with Crippen LogP contribution in [-0.2, 0) is 0 Å². The molecule has 0 unspecified atom stereocenters. The van der Waals surface area contributed by atoms with Gasteiger partial charge in [-0.25, -0.2) is 4.39 Å². The number of alkyl halides is 5. The van der Waals surface area contributed by atoms with Gasteiger partial charge in [-0.3, -0.25) is 0 Å². The minimum Gasteiger partial charge on any atom is -0.319 e. The van der Waals surface area contributed by atoms with Crippen molar-refractivity contribution in [3.05, 3.63) is 33.1 Å². The maximum absolute atomic E-state index is 13.2. The summed E-state index contributed by atoms with van der Waals surface area (Å²) < 4.78 is 75.4. The molecular formula is C9H7ClF6IN. The van der Waals surface area contributed by atoms with Gasteiger partial charge in [0.2, 0.25) is 0 Å². The highest BCUT2D eigenvalue weighted by molar-refractivity contribution is 14.1. The van der Waals surface area contributed by atoms with E-state index >= 15 is 0 Å². The smallest absolute Gasteiger partial charge is 0.319 e. The van der Waals surface area contributed by atoms with E-state index in [-0.39, 0.29) is 12.4 Å². The summed E-state index contributed by atoms with van der Waals surface area (Å²) in [5.74, 6) is -6.38. The monoisotopic (exact) mass is 405 g/mol. The van der Waals surface area contributed by atoms with Crippen LogP contribution in [0.15, 0.2) is 18.2 Å². The molecule has 1 aromatic carbocycles. The number of hydrogen-bond acceptors (Lipinski definition) is 1. The summed E-state index contributed by atoms with van der Waals surface area (Å²) in [4.78, 5) is 0. The van der Waals surface area contributed by atoms with Crippen LogP contribution in [0.3, 0.4) is 0 Å². The van der Waals surface area contributed by atoms with Gasteiger partial charge in [-0.1, -0.05) is 0 Å². The second-order valence-electron chi connectivity index (χ2n) is 3.26. The number of hydrogen-bond donors (Lipinski definition) is 1. The molecule has 0 aliphatic rings. The fourth-order valence-electron chi connectivity index (χ4n) is 1.12. The first-order valence-electron chi connectivity index (χ1n) is 4.22. The van der Waals surface area contributed by atoms with Crippen molar-refractivity contribution in [3.8, 4) is 0 Å². The SMILES string of the molecule is Cl.N[C@@H](c1cc(I)ccc1F)C(F)(F)C(F)(F)F. The zero-order chi connectivity index (χ0) is 13.4. The van der Waals surface area contributed by atoms with Crippen molar-refractivity contribution in [2.75, 3.05) is 0 Å². The van der Waals surface area contributed by atoms with Crippen molar-refractivity contribution in [1.29, 1.82) is 0 Å². The predicted molar refractivity (Wildman–Crippen MR) is 64.3 cm³/mol. The van der Waals surface area contributed by atoms with Crippen LogP contribution in [-0.4, -0.2) is 12.1 Å². The molecule has 0 spiro atoms. The van der Waals surface area contributed by atoms with E-state index in [1.807, 2.05) is 0 Å². The predicted octanol–water partition coefficient (Wildman–Crippen LogP) is 4.05. The summed E-state index contributed by atoms with van der Waals surface area (Å²) in [5.41, 5.74) is 3.95. The van der Waals surface area contributed by atoms with Crippen LogP contribution in [0.1, 0.15) is 11.6 Å². The largest absolute Gasteiger partial charge is 0.455 e. The Hall–Kier alpha value is -0.220. The third kappa shape index (κ3) is 3.41. The first kappa shape index (κ1) is 17.8. The lowest BCUT2D eigenvalue weighted by Crippen LogP contribution is -2.46. The van der Waals surface area contributed by atoms with Gasteiger partial charge in [0.15, 0.2) is 0 Å². The second-order valence-corrected chi connectivity index (χ2v) is 4.51. The molecule has 0 bridgehead atoms. The van der Waals surface area contributed by atoms with Crippen LogP contribution >= 0.6 is 35.0 Å². The molecule has 0 radical (unpaired) electrons. The number of rotatable bonds is 2. The molecule has 104 valence electrons. The van der Waals surface area contributed by atoms with Crippen molar-refractivity contribution < 1.29 is 26.3 Å². The Balaban J connectivity index is 0.00000289. The van der Waals surface area contributed by atoms with E-state index in [2.05, 4.69) is 0 Å². The molecule has 2 N–H and O–H groups in total. The van der Waals surface area contributed by atoms with Crippen molar-refractivity contribution >= 4 is 35.0 Å². The highest BCUT2D eigenvalue weighted by atomic mass is 127. The average molecular weight is 406 g/mol. The number of nitrogens with two attached hydrogens (primary N) is 1. The minimum atomic E-state index is -5.82. The standard InChI is InChI=1S/C9H6F6IN.ClH/c10-6-2-1-4(16)3-5(6)7(17)8(11,12)9(13,14)15;/h1-3,7H,17H2;1H/t7-;/m0./s1. The highest BCUT2D eigenvalue weighted by Crippen LogP contribution is 2.43. The summed E-state index contributed by atoms with van der Waals surface area (Å²) >= 11 is 1.66. The summed E-state index contributed by atoms with van der Waals surface area (Å²) in [6.07, 6.45) is -5.82. The summed E-state index contributed by atoms with van der Waals surface area (Å²) in [6.45, 7) is 0. The van der Waals surface area contributed by atoms with Gasteiger partial charge in [-0.2, -0.15) is 22.0 Å². The molecule has 0 saturated carbocycles. The molecule has 9 heteroatoms. The van der Waals surface area contributed by atoms with Gasteiger partial charge in [-0.05, 0) is 40.8 Å². The zero-order valence-corrected chi connectivity index (χ0v) is 11.4. The first-order valence-corrected chi connectivity index (χ1v) is 5.30. The summed E-state index contributed by atoms with van der Waals surface area (Å²) in [6, 6.07) is 0.124. The Labute approximate surface area is 118 Å². The normalized spacial score (nSPS) is 14.0. The molecule has 1 aromatic rings. The van der Waals surface area contributed by atoms with Crippen LogP contribution in [0, 0.1) is 9.39 Å². The van der Waals surface area contributed by atoms with Crippen molar-refractivity contribution in [1.82, 2.24) is 0 Å². The third-order valence-electron chi connectivity index (χ3n) is 2.06. The molecule has 1 atom stereocenters. The van der Waals surface area contributed by atoms with Crippen LogP contribution in [0.4, 0.5) is 26.3 Å². The van der Waals surface area contributed by atoms with Gasteiger partial charge >= 0.3 is 12.1 Å². The molecule has 0 amide bonds. The second kappa shape index (κ2) is 5.83. The average Bonchev–Trinajstić information content (AvgIpc) is 2.19. The van der Waals surface area contributed by atoms with E-state index in [0.717, 1.165) is 12.1 Å². The van der Waals surface area contributed by atoms with E-state index in [1.54, 1.807) is 22.6 Å². The molecule has 1 rings (SSSR count). The van der Waals surface area contributed by atoms with Crippen LogP contribution in [0.5, 0.6) is 0 Å². The zero-order valence-electron chi connectivity index (χ0n) is 8.44. The Bertz CT molecular complexity index is 422. The van der Waals surface area contributed by atoms with E-state index < -0.39 is 29.5 Å². The van der Waals surface area contributed by atoms with Gasteiger partial charge < -0.3 is 5.73 Å².